The average Bonchev–Trinajstić information content (AvgIpc) is 2.52. The topological polar surface area (TPSA) is 34.9 Å². The summed E-state index contributed by atoms with van der Waals surface area (Å²) in [5.74, 6) is 0. The molecule has 1 aromatic rings. The molecule has 0 aliphatic carbocycles. The molecule has 0 spiro atoms. The maximum atomic E-state index is 10.8. The maximum Gasteiger partial charge on any atom is 0.131 e. The lowest BCUT2D eigenvalue weighted by Gasteiger charge is -2.13. The highest BCUT2D eigenvalue weighted by atomic mass is 16.1. The molecule has 0 aromatic carbocycles. The highest BCUT2D eigenvalue weighted by Gasteiger charge is 2.22. The molecule has 0 aliphatic rings. The van der Waals surface area contributed by atoms with Gasteiger partial charge in [0.15, 0.2) is 0 Å². The Morgan fingerprint density at radius 1 is 1.54 bits per heavy atom. The van der Waals surface area contributed by atoms with E-state index in [1.165, 1.54) is 0 Å². The molecule has 13 heavy (non-hydrogen) atoms. The summed E-state index contributed by atoms with van der Waals surface area (Å²) in [6, 6.07) is 2.24. The minimum atomic E-state index is -0.472. The molecule has 0 atom stereocenters. The summed E-state index contributed by atoms with van der Waals surface area (Å²) in [6.07, 6.45) is 2.84. The van der Waals surface area contributed by atoms with Crippen LogP contribution in [0.5, 0.6) is 0 Å². The fourth-order valence-corrected chi connectivity index (χ4v) is 1.03. The van der Waals surface area contributed by atoms with Crippen LogP contribution < -0.4 is 0 Å². The Morgan fingerprint density at radius 2 is 2.15 bits per heavy atom. The number of nitrogens with zero attached hydrogens (tertiary/aromatic N) is 2. The quantitative estimate of drug-likeness (QED) is 0.666. The molecule has 1 rings (SSSR count). The van der Waals surface area contributed by atoms with E-state index in [2.05, 4.69) is 18.9 Å². The van der Waals surface area contributed by atoms with Gasteiger partial charge in [-0.25, -0.2) is 0 Å². The van der Waals surface area contributed by atoms with Crippen LogP contribution in [0.4, 0.5) is 0 Å². The predicted molar refractivity (Wildman–Crippen MR) is 51.7 cm³/mol. The largest absolute Gasteiger partial charge is 0.302 e. The van der Waals surface area contributed by atoms with Crippen LogP contribution in [0.25, 0.3) is 0 Å². The zero-order valence-electron chi connectivity index (χ0n) is 8.61. The zero-order valence-corrected chi connectivity index (χ0v) is 8.61. The highest BCUT2D eigenvalue weighted by Crippen LogP contribution is 2.19. The Labute approximate surface area is 78.8 Å². The molecule has 1 aromatic heterocycles. The highest BCUT2D eigenvalue weighted by molar-refractivity contribution is 5.65. The molecule has 0 radical (unpaired) electrons. The van der Waals surface area contributed by atoms with Crippen molar-refractivity contribution in [3.8, 4) is 0 Å². The number of hydrogen-bond donors (Lipinski definition) is 0. The van der Waals surface area contributed by atoms with Gasteiger partial charge in [0.25, 0.3) is 0 Å². The number of rotatable bonds is 3. The Bertz CT molecular complexity index is 300. The molecule has 0 bridgehead atoms. The average molecular weight is 180 g/mol. The lowest BCUT2D eigenvalue weighted by atomic mass is 9.92. The molecule has 1 heterocycles. The molecule has 0 fully saturated rings. The van der Waals surface area contributed by atoms with E-state index in [-0.39, 0.29) is 0 Å². The molecule has 3 heteroatoms. The number of carbonyl (C=O) groups is 1. The van der Waals surface area contributed by atoms with E-state index in [0.29, 0.717) is 6.04 Å². The molecular formula is C10H16N2O. The van der Waals surface area contributed by atoms with E-state index in [4.69, 9.17) is 0 Å². The van der Waals surface area contributed by atoms with Gasteiger partial charge >= 0.3 is 0 Å². The van der Waals surface area contributed by atoms with E-state index in [0.717, 1.165) is 12.0 Å². The second-order valence-corrected chi connectivity index (χ2v) is 4.11. The Morgan fingerprint density at radius 3 is 2.54 bits per heavy atom. The van der Waals surface area contributed by atoms with Crippen molar-refractivity contribution >= 4 is 6.29 Å². The third-order valence-electron chi connectivity index (χ3n) is 2.09. The fraction of sp³-hybridized carbons (Fsp3) is 0.600. The second kappa shape index (κ2) is 3.32. The van der Waals surface area contributed by atoms with Crippen LogP contribution in [0.1, 0.15) is 39.4 Å². The number of hydrogen-bond acceptors (Lipinski definition) is 2. The van der Waals surface area contributed by atoms with Crippen LogP contribution in [-0.4, -0.2) is 16.1 Å². The van der Waals surface area contributed by atoms with Gasteiger partial charge in [-0.2, -0.15) is 5.10 Å². The second-order valence-electron chi connectivity index (χ2n) is 4.11. The Kier molecular flexibility index (Phi) is 2.55. The number of aromatic nitrogens is 2. The van der Waals surface area contributed by atoms with Crippen LogP contribution >= 0.6 is 0 Å². The summed E-state index contributed by atoms with van der Waals surface area (Å²) in [7, 11) is 0. The van der Waals surface area contributed by atoms with E-state index < -0.39 is 5.41 Å². The van der Waals surface area contributed by atoms with Gasteiger partial charge in [0.2, 0.25) is 0 Å². The first-order chi connectivity index (χ1) is 5.97. The van der Waals surface area contributed by atoms with Crippen molar-refractivity contribution in [3.05, 3.63) is 18.0 Å². The van der Waals surface area contributed by atoms with E-state index in [1.54, 1.807) is 0 Å². The first kappa shape index (κ1) is 9.96. The van der Waals surface area contributed by atoms with E-state index >= 15 is 0 Å². The number of aldehydes is 1. The summed E-state index contributed by atoms with van der Waals surface area (Å²) in [6.45, 7) is 7.86. The smallest absolute Gasteiger partial charge is 0.131 e. The van der Waals surface area contributed by atoms with Gasteiger partial charge in [-0.15, -0.1) is 0 Å². The van der Waals surface area contributed by atoms with Gasteiger partial charge in [-0.1, -0.05) is 0 Å². The minimum absolute atomic E-state index is 0.344. The van der Waals surface area contributed by atoms with Crippen molar-refractivity contribution in [2.75, 3.05) is 0 Å². The molecule has 0 unspecified atom stereocenters. The van der Waals surface area contributed by atoms with Crippen molar-refractivity contribution in [1.82, 2.24) is 9.78 Å². The van der Waals surface area contributed by atoms with Gasteiger partial charge in [0.1, 0.15) is 6.29 Å². The third-order valence-corrected chi connectivity index (χ3v) is 2.09. The number of carbonyl (C=O) groups excluding carboxylic acids is 1. The Balaban J connectivity index is 2.98. The molecule has 0 saturated heterocycles. The van der Waals surface area contributed by atoms with Crippen molar-refractivity contribution in [2.45, 2.75) is 39.2 Å². The van der Waals surface area contributed by atoms with Gasteiger partial charge in [0, 0.05) is 12.2 Å². The van der Waals surface area contributed by atoms with Crippen LogP contribution in [0, 0.1) is 0 Å². The molecule has 0 N–H and O–H groups in total. The monoisotopic (exact) mass is 180 g/mol. The van der Waals surface area contributed by atoms with E-state index in [9.17, 15) is 4.79 Å². The van der Waals surface area contributed by atoms with Gasteiger partial charge < -0.3 is 4.79 Å². The van der Waals surface area contributed by atoms with Crippen LogP contribution in [0.3, 0.4) is 0 Å². The van der Waals surface area contributed by atoms with Crippen LogP contribution in [0.2, 0.25) is 0 Å². The third kappa shape index (κ3) is 1.97. The normalized spacial score (nSPS) is 12.1. The van der Waals surface area contributed by atoms with Crippen molar-refractivity contribution in [1.29, 1.82) is 0 Å². The summed E-state index contributed by atoms with van der Waals surface area (Å²) in [5.41, 5.74) is 0.358. The first-order valence-corrected chi connectivity index (χ1v) is 4.49. The SMILES string of the molecule is CC(C)n1ccc(C(C)(C)C=O)n1. The van der Waals surface area contributed by atoms with Crippen LogP contribution in [-0.2, 0) is 10.2 Å². The van der Waals surface area contributed by atoms with Gasteiger partial charge in [0.05, 0.1) is 11.1 Å². The molecular weight excluding hydrogens is 164 g/mol. The minimum Gasteiger partial charge on any atom is -0.302 e. The standard InChI is InChI=1S/C10H16N2O/c1-8(2)12-6-5-9(11-12)10(3,4)7-13/h5-8H,1-4H3. The van der Waals surface area contributed by atoms with Crippen molar-refractivity contribution < 1.29 is 4.79 Å². The molecule has 3 nitrogen and oxygen atoms in total. The predicted octanol–water partition coefficient (Wildman–Crippen LogP) is 1.94. The summed E-state index contributed by atoms with van der Waals surface area (Å²) in [5, 5.41) is 4.34. The van der Waals surface area contributed by atoms with E-state index in [1.807, 2.05) is 30.8 Å². The Hall–Kier alpha value is -1.12. The fourth-order valence-electron chi connectivity index (χ4n) is 1.03. The molecule has 0 aliphatic heterocycles. The summed E-state index contributed by atoms with van der Waals surface area (Å²) in [4.78, 5) is 10.8. The summed E-state index contributed by atoms with van der Waals surface area (Å²) < 4.78 is 1.86. The first-order valence-electron chi connectivity index (χ1n) is 4.49. The lowest BCUT2D eigenvalue weighted by Crippen LogP contribution is -2.20. The lowest BCUT2D eigenvalue weighted by molar-refractivity contribution is -0.111. The maximum absolute atomic E-state index is 10.8. The van der Waals surface area contributed by atoms with Crippen molar-refractivity contribution in [2.24, 2.45) is 0 Å². The molecule has 72 valence electrons. The van der Waals surface area contributed by atoms with Gasteiger partial charge in [-0.3, -0.25) is 4.68 Å². The zero-order chi connectivity index (χ0) is 10.1. The van der Waals surface area contributed by atoms with Crippen molar-refractivity contribution in [3.63, 3.8) is 0 Å². The molecule has 0 saturated carbocycles. The summed E-state index contributed by atoms with van der Waals surface area (Å²) >= 11 is 0. The van der Waals surface area contributed by atoms with Gasteiger partial charge in [-0.05, 0) is 33.8 Å². The van der Waals surface area contributed by atoms with Crippen LogP contribution in [0.15, 0.2) is 12.3 Å². The molecule has 0 amide bonds.